The van der Waals surface area contributed by atoms with Crippen molar-refractivity contribution >= 4 is 28.4 Å². The Morgan fingerprint density at radius 1 is 1.07 bits per heavy atom. The third kappa shape index (κ3) is 7.53. The largest absolute Gasteiger partial charge is 0.372 e. The van der Waals surface area contributed by atoms with Crippen LogP contribution in [0.1, 0.15) is 60.5 Å². The summed E-state index contributed by atoms with van der Waals surface area (Å²) in [7, 11) is 0. The number of nitrogens with two attached hydrogens (primary N) is 1. The van der Waals surface area contributed by atoms with Gasteiger partial charge >= 0.3 is 0 Å². The molecule has 42 heavy (non-hydrogen) atoms. The van der Waals surface area contributed by atoms with Gasteiger partial charge in [0.15, 0.2) is 0 Å². The molecule has 0 radical (unpaired) electrons. The zero-order valence-corrected chi connectivity index (χ0v) is 25.3. The van der Waals surface area contributed by atoms with Gasteiger partial charge in [0.1, 0.15) is 5.82 Å². The highest BCUT2D eigenvalue weighted by Crippen LogP contribution is 2.31. The molecule has 3 aromatic carbocycles. The van der Waals surface area contributed by atoms with Crippen LogP contribution in [-0.2, 0) is 17.9 Å². The summed E-state index contributed by atoms with van der Waals surface area (Å²) < 4.78 is 7.36. The van der Waals surface area contributed by atoms with E-state index in [-0.39, 0.29) is 17.4 Å². The van der Waals surface area contributed by atoms with Crippen LogP contribution < -0.4 is 11.3 Å². The summed E-state index contributed by atoms with van der Waals surface area (Å²) >= 11 is 6.32. The Balaban J connectivity index is 1.80. The monoisotopic (exact) mass is 586 g/mol. The number of fused-ring (bicyclic) bond motifs is 1. The van der Waals surface area contributed by atoms with Gasteiger partial charge in [-0.2, -0.15) is 0 Å². The Labute approximate surface area is 252 Å². The van der Waals surface area contributed by atoms with E-state index in [4.69, 9.17) is 27.1 Å². The third-order valence-corrected chi connectivity index (χ3v) is 7.28. The van der Waals surface area contributed by atoms with Crippen molar-refractivity contribution < 1.29 is 9.53 Å². The van der Waals surface area contributed by atoms with Crippen LogP contribution in [0.5, 0.6) is 0 Å². The van der Waals surface area contributed by atoms with Crippen molar-refractivity contribution in [2.24, 2.45) is 11.7 Å². The van der Waals surface area contributed by atoms with Crippen LogP contribution in [0, 0.1) is 5.92 Å². The summed E-state index contributed by atoms with van der Waals surface area (Å²) in [5.41, 5.74) is 9.67. The lowest BCUT2D eigenvalue weighted by Crippen LogP contribution is -2.42. The average molecular weight is 587 g/mol. The molecule has 1 heterocycles. The molecule has 0 aliphatic heterocycles. The Morgan fingerprint density at radius 3 is 2.43 bits per heavy atom. The fraction of sp³-hybridized carbons (Fsp3) is 0.324. The second-order valence-corrected chi connectivity index (χ2v) is 11.4. The topological polar surface area (TPSA) is 90.5 Å². The summed E-state index contributed by atoms with van der Waals surface area (Å²) in [6, 6.07) is 21.8. The molecule has 4 aromatic rings. The predicted molar refractivity (Wildman–Crippen MR) is 170 cm³/mol. The first-order valence-electron chi connectivity index (χ1n) is 14.3. The number of halogens is 1. The van der Waals surface area contributed by atoms with Crippen LogP contribution in [0.25, 0.3) is 10.9 Å². The lowest BCUT2D eigenvalue weighted by atomic mass is 9.98. The number of ether oxygens (including phenoxy) is 1. The molecule has 0 aliphatic rings. The smallest absolute Gasteiger partial charge is 0.261 e. The fourth-order valence-electron chi connectivity index (χ4n) is 5.03. The van der Waals surface area contributed by atoms with Gasteiger partial charge in [-0.3, -0.25) is 14.2 Å². The molecule has 0 bridgehead atoms. The molecule has 7 nitrogen and oxygen atoms in total. The minimum Gasteiger partial charge on any atom is -0.372 e. The molecule has 4 rings (SSSR count). The van der Waals surface area contributed by atoms with E-state index in [1.165, 1.54) is 0 Å². The number of carbonyl (C=O) groups excluding carboxylic acids is 1. The molecule has 1 atom stereocenters. The Morgan fingerprint density at radius 2 is 1.79 bits per heavy atom. The van der Waals surface area contributed by atoms with Crippen LogP contribution in [0.4, 0.5) is 0 Å². The summed E-state index contributed by atoms with van der Waals surface area (Å²) in [5.74, 6) is 0.305. The Bertz CT molecular complexity index is 1580. The molecule has 0 saturated carbocycles. The number of amides is 1. The van der Waals surface area contributed by atoms with Gasteiger partial charge in [0.25, 0.3) is 11.5 Å². The van der Waals surface area contributed by atoms with Crippen molar-refractivity contribution in [3.8, 4) is 0 Å². The molecule has 1 amide bonds. The Hall–Kier alpha value is -3.78. The summed E-state index contributed by atoms with van der Waals surface area (Å²) in [6.45, 7) is 11.9. The van der Waals surface area contributed by atoms with Gasteiger partial charge in [0.2, 0.25) is 0 Å². The molecule has 2 N–H and O–H groups in total. The average Bonchev–Trinajstić information content (AvgIpc) is 2.97. The van der Waals surface area contributed by atoms with Gasteiger partial charge in [-0.05, 0) is 67.3 Å². The maximum absolute atomic E-state index is 14.2. The van der Waals surface area contributed by atoms with E-state index in [1.54, 1.807) is 22.8 Å². The van der Waals surface area contributed by atoms with Crippen LogP contribution >= 0.6 is 11.6 Å². The van der Waals surface area contributed by atoms with Crippen molar-refractivity contribution in [2.75, 3.05) is 19.7 Å². The molecule has 8 heteroatoms. The molecule has 0 saturated heterocycles. The summed E-state index contributed by atoms with van der Waals surface area (Å²) in [6.07, 6.45) is 0.601. The maximum Gasteiger partial charge on any atom is 0.261 e. The molecule has 0 fully saturated rings. The number of hydrogen-bond acceptors (Lipinski definition) is 5. The standard InChI is InChI=1S/C34H39ClN4O3/c1-23(2)21-42-22-26-11-13-27(14-12-26)33(40)38(18-8-17-36)31(24(3)4)32-37-30-19-28(35)15-16-29(30)34(41)39(32)20-25-9-6-5-7-10-25/h5-7,9-16,19,24,31H,1,8,17-18,20-22,36H2,2-4H3. The first-order chi connectivity index (χ1) is 20.2. The maximum atomic E-state index is 14.2. The lowest BCUT2D eigenvalue weighted by Gasteiger charge is -2.35. The number of rotatable bonds is 13. The SMILES string of the molecule is C=C(C)COCc1ccc(C(=O)N(CCCN)C(c2nc3cc(Cl)ccc3c(=O)n2Cc2ccccc2)C(C)C)cc1. The van der Waals surface area contributed by atoms with Gasteiger partial charge in [0.05, 0.1) is 36.7 Å². The molecule has 0 aliphatic carbocycles. The van der Waals surface area contributed by atoms with E-state index in [0.717, 1.165) is 16.7 Å². The van der Waals surface area contributed by atoms with E-state index in [9.17, 15) is 9.59 Å². The van der Waals surface area contributed by atoms with Crippen molar-refractivity contribution in [1.82, 2.24) is 14.5 Å². The van der Waals surface area contributed by atoms with Crippen LogP contribution in [0.2, 0.25) is 5.02 Å². The number of benzene rings is 3. The number of hydrogen-bond donors (Lipinski definition) is 1. The summed E-state index contributed by atoms with van der Waals surface area (Å²) in [5, 5.41) is 0.969. The number of nitrogens with zero attached hydrogens (tertiary/aromatic N) is 3. The Kier molecular flexibility index (Phi) is 10.7. The molecule has 0 spiro atoms. The van der Waals surface area contributed by atoms with Gasteiger partial charge < -0.3 is 15.4 Å². The van der Waals surface area contributed by atoms with Crippen LogP contribution in [0.15, 0.2) is 89.7 Å². The lowest BCUT2D eigenvalue weighted by molar-refractivity contribution is 0.0602. The molecule has 1 aromatic heterocycles. The zero-order valence-electron chi connectivity index (χ0n) is 24.6. The summed E-state index contributed by atoms with van der Waals surface area (Å²) in [4.78, 5) is 35.0. The fourth-order valence-corrected chi connectivity index (χ4v) is 5.20. The van der Waals surface area contributed by atoms with E-state index in [1.807, 2.05) is 80.3 Å². The van der Waals surface area contributed by atoms with Crippen molar-refractivity contribution in [3.05, 3.63) is 123 Å². The van der Waals surface area contributed by atoms with Gasteiger partial charge in [-0.25, -0.2) is 4.98 Å². The first-order valence-corrected chi connectivity index (χ1v) is 14.6. The highest BCUT2D eigenvalue weighted by atomic mass is 35.5. The second kappa shape index (κ2) is 14.4. The van der Waals surface area contributed by atoms with Gasteiger partial charge in [0, 0.05) is 17.1 Å². The van der Waals surface area contributed by atoms with Crippen molar-refractivity contribution in [1.29, 1.82) is 0 Å². The molecular formula is C34H39ClN4O3. The normalized spacial score (nSPS) is 12.0. The number of carbonyl (C=O) groups is 1. The van der Waals surface area contributed by atoms with Crippen LogP contribution in [0.3, 0.4) is 0 Å². The van der Waals surface area contributed by atoms with Gasteiger partial charge in [-0.1, -0.05) is 80.1 Å². The van der Waals surface area contributed by atoms with E-state index in [0.29, 0.717) is 66.6 Å². The van der Waals surface area contributed by atoms with E-state index in [2.05, 4.69) is 6.58 Å². The quantitative estimate of drug-likeness (QED) is 0.184. The highest BCUT2D eigenvalue weighted by Gasteiger charge is 2.32. The molecule has 1 unspecified atom stereocenters. The molecule has 220 valence electrons. The van der Waals surface area contributed by atoms with Gasteiger partial charge in [-0.15, -0.1) is 0 Å². The first kappa shape index (κ1) is 31.2. The predicted octanol–water partition coefficient (Wildman–Crippen LogP) is 6.38. The highest BCUT2D eigenvalue weighted by molar-refractivity contribution is 6.31. The third-order valence-electron chi connectivity index (χ3n) is 7.04. The van der Waals surface area contributed by atoms with Crippen molar-refractivity contribution in [2.45, 2.75) is 46.4 Å². The van der Waals surface area contributed by atoms with Crippen molar-refractivity contribution in [3.63, 3.8) is 0 Å². The van der Waals surface area contributed by atoms with Crippen LogP contribution in [-0.4, -0.2) is 40.1 Å². The number of aromatic nitrogens is 2. The molecular weight excluding hydrogens is 548 g/mol. The van der Waals surface area contributed by atoms with E-state index < -0.39 is 6.04 Å². The minimum atomic E-state index is -0.498. The second-order valence-electron chi connectivity index (χ2n) is 11.0. The van der Waals surface area contributed by atoms with E-state index >= 15 is 0 Å². The zero-order chi connectivity index (χ0) is 30.2. The minimum absolute atomic E-state index is 0.0629.